The van der Waals surface area contributed by atoms with Crippen LogP contribution >= 0.6 is 0 Å². The number of aryl methyl sites for hydroxylation is 1. The van der Waals surface area contributed by atoms with Crippen molar-refractivity contribution in [1.82, 2.24) is 0 Å². The molecule has 0 aliphatic carbocycles. The van der Waals surface area contributed by atoms with Crippen LogP contribution in [0.1, 0.15) is 44.6 Å². The van der Waals surface area contributed by atoms with E-state index in [4.69, 9.17) is 9.47 Å². The van der Waals surface area contributed by atoms with Crippen LogP contribution in [0.5, 0.6) is 5.75 Å². The highest BCUT2D eigenvalue weighted by atomic mass is 32.2. The lowest BCUT2D eigenvalue weighted by Crippen LogP contribution is -2.25. The average molecular weight is 314 g/mol. The minimum Gasteiger partial charge on any atom is -0.465 e. The van der Waals surface area contributed by atoms with Crippen LogP contribution < -0.4 is 4.74 Å². The highest BCUT2D eigenvalue weighted by molar-refractivity contribution is 7.85. The van der Waals surface area contributed by atoms with Crippen molar-refractivity contribution in [2.75, 3.05) is 6.61 Å². The lowest BCUT2D eigenvalue weighted by Gasteiger charge is -2.25. The molecule has 21 heavy (non-hydrogen) atoms. The Morgan fingerprint density at radius 1 is 1.38 bits per heavy atom. The zero-order valence-electron chi connectivity index (χ0n) is 12.2. The predicted molar refractivity (Wildman–Crippen MR) is 79.1 cm³/mol. The van der Waals surface area contributed by atoms with Gasteiger partial charge in [-0.2, -0.15) is 8.42 Å². The van der Waals surface area contributed by atoms with Crippen molar-refractivity contribution in [3.8, 4) is 5.75 Å². The first-order valence-electron chi connectivity index (χ1n) is 7.39. The smallest absolute Gasteiger partial charge is 0.294 e. The fourth-order valence-electron chi connectivity index (χ4n) is 2.32. The van der Waals surface area contributed by atoms with Crippen molar-refractivity contribution in [2.45, 2.75) is 56.6 Å². The second-order valence-corrected chi connectivity index (χ2v) is 6.68. The summed E-state index contributed by atoms with van der Waals surface area (Å²) in [5, 5.41) is 0. The summed E-state index contributed by atoms with van der Waals surface area (Å²) in [6, 6.07) is 4.50. The number of rotatable bonds is 6. The SMILES string of the molecule is CCCCc1ccc(S(=O)(=O)O)cc1OC1CCCCO1. The molecule has 1 aromatic rings. The summed E-state index contributed by atoms with van der Waals surface area (Å²) < 4.78 is 43.1. The molecule has 1 unspecified atom stereocenters. The molecule has 1 aliphatic rings. The van der Waals surface area contributed by atoms with Gasteiger partial charge in [0.2, 0.25) is 0 Å². The van der Waals surface area contributed by atoms with Crippen molar-refractivity contribution >= 4 is 10.1 Å². The highest BCUT2D eigenvalue weighted by Gasteiger charge is 2.19. The standard InChI is InChI=1S/C15H22O5S/c1-2-3-6-12-8-9-13(21(16,17)18)11-14(12)20-15-7-4-5-10-19-15/h8-9,11,15H,2-7,10H2,1H3,(H,16,17,18). The zero-order valence-corrected chi connectivity index (χ0v) is 13.1. The summed E-state index contributed by atoms with van der Waals surface area (Å²) in [6.07, 6.45) is 5.36. The number of hydrogen-bond donors (Lipinski definition) is 1. The van der Waals surface area contributed by atoms with E-state index in [0.29, 0.717) is 12.4 Å². The Hall–Kier alpha value is -1.11. The van der Waals surface area contributed by atoms with Gasteiger partial charge in [0.05, 0.1) is 11.5 Å². The number of unbranched alkanes of at least 4 members (excludes halogenated alkanes) is 1. The van der Waals surface area contributed by atoms with E-state index in [2.05, 4.69) is 6.92 Å². The molecular weight excluding hydrogens is 292 g/mol. The summed E-state index contributed by atoms with van der Waals surface area (Å²) >= 11 is 0. The van der Waals surface area contributed by atoms with Gasteiger partial charge in [0, 0.05) is 12.5 Å². The number of ether oxygens (including phenoxy) is 2. The largest absolute Gasteiger partial charge is 0.465 e. The molecule has 6 heteroatoms. The monoisotopic (exact) mass is 314 g/mol. The van der Waals surface area contributed by atoms with Gasteiger partial charge in [0.1, 0.15) is 5.75 Å². The van der Waals surface area contributed by atoms with E-state index in [-0.39, 0.29) is 11.2 Å². The van der Waals surface area contributed by atoms with Gasteiger partial charge in [-0.05, 0) is 37.3 Å². The molecule has 118 valence electrons. The Kier molecular flexibility index (Phi) is 5.61. The normalized spacial score (nSPS) is 19.4. The molecule has 1 fully saturated rings. The first-order chi connectivity index (χ1) is 10.0. The molecule has 1 aromatic carbocycles. The molecule has 0 amide bonds. The minimum atomic E-state index is -4.22. The van der Waals surface area contributed by atoms with Crippen molar-refractivity contribution in [3.63, 3.8) is 0 Å². The number of hydrogen-bond acceptors (Lipinski definition) is 4. The van der Waals surface area contributed by atoms with Crippen molar-refractivity contribution in [3.05, 3.63) is 23.8 Å². The second-order valence-electron chi connectivity index (χ2n) is 5.26. The molecule has 1 N–H and O–H groups in total. The van der Waals surface area contributed by atoms with E-state index >= 15 is 0 Å². The summed E-state index contributed by atoms with van der Waals surface area (Å²) in [6.45, 7) is 2.75. The van der Waals surface area contributed by atoms with Gasteiger partial charge in [0.25, 0.3) is 10.1 Å². The average Bonchev–Trinajstić information content (AvgIpc) is 2.46. The third-order valence-electron chi connectivity index (χ3n) is 3.53. The first kappa shape index (κ1) is 16.3. The zero-order chi connectivity index (χ0) is 15.3. The maximum atomic E-state index is 11.3. The Bertz CT molecular complexity index is 561. The third-order valence-corrected chi connectivity index (χ3v) is 4.38. The molecule has 1 aliphatic heterocycles. The lowest BCUT2D eigenvalue weighted by atomic mass is 10.1. The Labute approximate surface area is 126 Å². The Morgan fingerprint density at radius 3 is 2.81 bits per heavy atom. The molecule has 0 aromatic heterocycles. The van der Waals surface area contributed by atoms with Crippen LogP contribution in [0.2, 0.25) is 0 Å². The van der Waals surface area contributed by atoms with Crippen LogP contribution in [0.15, 0.2) is 23.1 Å². The molecule has 0 radical (unpaired) electrons. The van der Waals surface area contributed by atoms with Gasteiger partial charge >= 0.3 is 0 Å². The van der Waals surface area contributed by atoms with Crippen LogP contribution in [0, 0.1) is 0 Å². The van der Waals surface area contributed by atoms with E-state index in [1.807, 2.05) is 0 Å². The molecule has 0 saturated carbocycles. The Balaban J connectivity index is 2.23. The molecule has 0 spiro atoms. The van der Waals surface area contributed by atoms with Crippen molar-refractivity contribution < 1.29 is 22.4 Å². The molecular formula is C15H22O5S. The van der Waals surface area contributed by atoms with Crippen LogP contribution in [0.4, 0.5) is 0 Å². The van der Waals surface area contributed by atoms with Crippen LogP contribution in [0.25, 0.3) is 0 Å². The summed E-state index contributed by atoms with van der Waals surface area (Å²) in [5.41, 5.74) is 0.943. The van der Waals surface area contributed by atoms with Crippen LogP contribution in [-0.4, -0.2) is 25.9 Å². The molecule has 5 nitrogen and oxygen atoms in total. The molecule has 2 rings (SSSR count). The van der Waals surface area contributed by atoms with E-state index in [1.165, 1.54) is 12.1 Å². The predicted octanol–water partition coefficient (Wildman–Crippen LogP) is 3.18. The summed E-state index contributed by atoms with van der Waals surface area (Å²) in [7, 11) is -4.22. The van der Waals surface area contributed by atoms with E-state index < -0.39 is 10.1 Å². The highest BCUT2D eigenvalue weighted by Crippen LogP contribution is 2.27. The van der Waals surface area contributed by atoms with Gasteiger partial charge in [-0.15, -0.1) is 0 Å². The summed E-state index contributed by atoms with van der Waals surface area (Å²) in [4.78, 5) is -0.145. The fraction of sp³-hybridized carbons (Fsp3) is 0.600. The van der Waals surface area contributed by atoms with E-state index in [0.717, 1.165) is 44.1 Å². The lowest BCUT2D eigenvalue weighted by molar-refractivity contribution is -0.106. The third kappa shape index (κ3) is 4.69. The fourth-order valence-corrected chi connectivity index (χ4v) is 2.82. The molecule has 0 bridgehead atoms. The van der Waals surface area contributed by atoms with Crippen LogP contribution in [0.3, 0.4) is 0 Å². The van der Waals surface area contributed by atoms with Gasteiger partial charge in [0.15, 0.2) is 6.29 Å². The maximum absolute atomic E-state index is 11.3. The van der Waals surface area contributed by atoms with E-state index in [9.17, 15) is 13.0 Å². The van der Waals surface area contributed by atoms with Crippen LogP contribution in [-0.2, 0) is 21.3 Å². The van der Waals surface area contributed by atoms with Crippen molar-refractivity contribution in [2.24, 2.45) is 0 Å². The molecule has 1 atom stereocenters. The molecule has 1 saturated heterocycles. The quantitative estimate of drug-likeness (QED) is 0.816. The first-order valence-corrected chi connectivity index (χ1v) is 8.83. The topological polar surface area (TPSA) is 72.8 Å². The van der Waals surface area contributed by atoms with Gasteiger partial charge in [-0.25, -0.2) is 0 Å². The number of benzene rings is 1. The molecule has 1 heterocycles. The summed E-state index contributed by atoms with van der Waals surface area (Å²) in [5.74, 6) is 0.491. The minimum absolute atomic E-state index is 0.145. The van der Waals surface area contributed by atoms with E-state index in [1.54, 1.807) is 6.07 Å². The van der Waals surface area contributed by atoms with Gasteiger partial charge < -0.3 is 9.47 Å². The van der Waals surface area contributed by atoms with Gasteiger partial charge in [-0.3, -0.25) is 4.55 Å². The van der Waals surface area contributed by atoms with Gasteiger partial charge in [-0.1, -0.05) is 19.4 Å². The second kappa shape index (κ2) is 7.24. The Morgan fingerprint density at radius 2 is 2.19 bits per heavy atom. The maximum Gasteiger partial charge on any atom is 0.294 e. The van der Waals surface area contributed by atoms with Crippen molar-refractivity contribution in [1.29, 1.82) is 0 Å².